The number of benzene rings is 3. The first-order valence-corrected chi connectivity index (χ1v) is 19.5. The van der Waals surface area contributed by atoms with Crippen molar-refractivity contribution in [3.05, 3.63) is 105 Å². The molecule has 0 aromatic heterocycles. The topological polar surface area (TPSA) is 159 Å². The monoisotopic (exact) mass is 826 g/mol. The number of aromatic carboxylic acids is 1. The van der Waals surface area contributed by atoms with Crippen LogP contribution in [0.1, 0.15) is 93.1 Å². The third-order valence-corrected chi connectivity index (χ3v) is 10.6. The average Bonchev–Trinajstić information content (AvgIpc) is 3.45. The Balaban J connectivity index is 1.39. The number of hydrogen-bond acceptors (Lipinski definition) is 9. The fourth-order valence-corrected chi connectivity index (χ4v) is 7.83. The summed E-state index contributed by atoms with van der Waals surface area (Å²) in [6, 6.07) is 12.1. The molecule has 304 valence electrons. The second-order valence-corrected chi connectivity index (χ2v) is 16.2. The van der Waals surface area contributed by atoms with E-state index in [4.69, 9.17) is 37.5 Å². The van der Waals surface area contributed by atoms with E-state index in [1.54, 1.807) is 0 Å². The Hall–Kier alpha value is -4.74. The van der Waals surface area contributed by atoms with Crippen LogP contribution in [0.15, 0.2) is 66.7 Å². The highest BCUT2D eigenvalue weighted by atomic mass is 35.5. The number of carbonyl (C=O) groups excluding carboxylic acids is 2. The van der Waals surface area contributed by atoms with Crippen molar-refractivity contribution >= 4 is 46.9 Å². The van der Waals surface area contributed by atoms with Gasteiger partial charge in [-0.05, 0) is 92.3 Å². The third-order valence-electron chi connectivity index (χ3n) is 10.0. The fraction of sp³-hybridized carbons (Fsp3) is 0.429. The second kappa shape index (κ2) is 19.1. The number of nitrogens with zero attached hydrogens (tertiary/aromatic N) is 1. The lowest BCUT2D eigenvalue weighted by molar-refractivity contribution is -0.118. The summed E-state index contributed by atoms with van der Waals surface area (Å²) in [6.45, 7) is 5.95. The van der Waals surface area contributed by atoms with Crippen LogP contribution in [-0.4, -0.2) is 54.5 Å². The number of anilines is 1. The van der Waals surface area contributed by atoms with E-state index >= 15 is 8.78 Å². The minimum absolute atomic E-state index is 0.00534. The van der Waals surface area contributed by atoms with Crippen molar-refractivity contribution in [3.63, 3.8) is 0 Å². The summed E-state index contributed by atoms with van der Waals surface area (Å²) in [5.74, 6) is -4.96. The summed E-state index contributed by atoms with van der Waals surface area (Å²) < 4.78 is 43.4. The van der Waals surface area contributed by atoms with E-state index in [1.165, 1.54) is 48.5 Å². The summed E-state index contributed by atoms with van der Waals surface area (Å²) >= 11 is 12.4. The first kappa shape index (κ1) is 43.4. The lowest BCUT2D eigenvalue weighted by Crippen LogP contribution is -2.45. The van der Waals surface area contributed by atoms with E-state index in [0.717, 1.165) is 31.7 Å². The highest BCUT2D eigenvalue weighted by molar-refractivity contribution is 6.31. The highest BCUT2D eigenvalue weighted by Crippen LogP contribution is 2.53. The van der Waals surface area contributed by atoms with Crippen LogP contribution in [0, 0.1) is 28.4 Å². The Morgan fingerprint density at radius 2 is 1.82 bits per heavy atom. The van der Waals surface area contributed by atoms with Crippen molar-refractivity contribution < 1.29 is 42.6 Å². The summed E-state index contributed by atoms with van der Waals surface area (Å²) in [5.41, 5.74) is 0.0404. The highest BCUT2D eigenvalue weighted by Gasteiger charge is 2.61. The number of ether oxygens (including phenoxy) is 2. The quantitative estimate of drug-likeness (QED) is 0.0567. The largest absolute Gasteiger partial charge is 0.527 e. The SMILES string of the molecule is CC(C)(C)CC1NC(C(=O)Nc2ccc(C(=O)O)cc2OCCCNOC(=O)OC2CCC=CCCC2)C(c2cccc(Cl)c2F)C1(C#N)c1ccc(Cl)cc1F. The normalized spacial score (nSPS) is 22.1. The average molecular weight is 828 g/mol. The zero-order valence-electron chi connectivity index (χ0n) is 31.9. The van der Waals surface area contributed by atoms with Crippen molar-refractivity contribution in [1.82, 2.24) is 10.8 Å². The first-order valence-electron chi connectivity index (χ1n) is 18.8. The predicted octanol–water partition coefficient (Wildman–Crippen LogP) is 9.25. The van der Waals surface area contributed by atoms with Gasteiger partial charge in [-0.3, -0.25) is 4.79 Å². The number of hydrogen-bond donors (Lipinski definition) is 4. The first-order chi connectivity index (χ1) is 27.1. The van der Waals surface area contributed by atoms with E-state index in [9.17, 15) is 24.8 Å². The molecule has 15 heteroatoms. The van der Waals surface area contributed by atoms with Crippen molar-refractivity contribution in [1.29, 1.82) is 5.26 Å². The van der Waals surface area contributed by atoms with Crippen molar-refractivity contribution in [2.75, 3.05) is 18.5 Å². The number of nitriles is 1. The van der Waals surface area contributed by atoms with Crippen molar-refractivity contribution in [3.8, 4) is 11.8 Å². The van der Waals surface area contributed by atoms with Crippen LogP contribution in [0.3, 0.4) is 0 Å². The Labute approximate surface area is 340 Å². The van der Waals surface area contributed by atoms with Crippen LogP contribution in [-0.2, 0) is 19.8 Å². The van der Waals surface area contributed by atoms with Crippen LogP contribution in [0.4, 0.5) is 19.3 Å². The molecule has 3 aromatic rings. The smallest absolute Gasteiger partial charge is 0.491 e. The van der Waals surface area contributed by atoms with Gasteiger partial charge in [0.2, 0.25) is 5.91 Å². The van der Waals surface area contributed by atoms with E-state index in [-0.39, 0.29) is 70.3 Å². The standard InChI is InChI=1S/C42H46Cl2F2N4O7/c1-41(2,3)23-34-42(24-47,29-17-16-26(43)22-31(29)45)35(28-13-9-14-30(44)36(28)46)37(50-34)38(51)49-32-18-15-25(39(52)53)21-33(32)55-20-10-19-48-57-40(54)56-27-11-7-5-4-6-8-12-27/h4-5,9,13-18,21-22,27,34-35,37,48,50H,6-8,10-12,19-20,23H2,1-3H3,(H,49,51)(H,52,53). The molecule has 1 amide bonds. The van der Waals surface area contributed by atoms with Gasteiger partial charge in [0.1, 0.15) is 28.9 Å². The Morgan fingerprint density at radius 3 is 2.54 bits per heavy atom. The molecule has 1 saturated heterocycles. The molecule has 1 fully saturated rings. The molecule has 5 unspecified atom stereocenters. The summed E-state index contributed by atoms with van der Waals surface area (Å²) in [5, 5.41) is 26.7. The van der Waals surface area contributed by atoms with Crippen LogP contribution in [0.2, 0.25) is 10.0 Å². The maximum atomic E-state index is 16.1. The number of nitrogens with one attached hydrogen (secondary N) is 3. The van der Waals surface area contributed by atoms with E-state index in [2.05, 4.69) is 34.3 Å². The van der Waals surface area contributed by atoms with E-state index in [0.29, 0.717) is 6.42 Å². The molecule has 2 aliphatic rings. The van der Waals surface area contributed by atoms with Gasteiger partial charge < -0.3 is 30.1 Å². The minimum atomic E-state index is -1.85. The molecular formula is C42H46Cl2F2N4O7. The van der Waals surface area contributed by atoms with E-state index in [1.807, 2.05) is 20.8 Å². The lowest BCUT2D eigenvalue weighted by atomic mass is 9.62. The van der Waals surface area contributed by atoms with E-state index < -0.39 is 58.5 Å². The van der Waals surface area contributed by atoms with Gasteiger partial charge >= 0.3 is 12.1 Å². The molecule has 57 heavy (non-hydrogen) atoms. The van der Waals surface area contributed by atoms with Gasteiger partial charge in [-0.1, -0.05) is 74.3 Å². The maximum absolute atomic E-state index is 16.1. The molecule has 1 aliphatic heterocycles. The Bertz CT molecular complexity index is 2020. The fourth-order valence-electron chi connectivity index (χ4n) is 7.49. The minimum Gasteiger partial charge on any atom is -0.491 e. The van der Waals surface area contributed by atoms with Gasteiger partial charge in [-0.25, -0.2) is 18.4 Å². The summed E-state index contributed by atoms with van der Waals surface area (Å²) in [7, 11) is 0. The van der Waals surface area contributed by atoms with Gasteiger partial charge in [0, 0.05) is 29.1 Å². The number of carboxylic acid groups (broad SMARTS) is 1. The Morgan fingerprint density at radius 1 is 1.05 bits per heavy atom. The summed E-state index contributed by atoms with van der Waals surface area (Å²) in [4.78, 5) is 43.6. The van der Waals surface area contributed by atoms with Crippen LogP contribution in [0.5, 0.6) is 5.75 Å². The van der Waals surface area contributed by atoms with Crippen molar-refractivity contribution in [2.24, 2.45) is 5.41 Å². The molecule has 0 spiro atoms. The second-order valence-electron chi connectivity index (χ2n) is 15.4. The Kier molecular flexibility index (Phi) is 14.6. The molecule has 11 nitrogen and oxygen atoms in total. The molecule has 3 aromatic carbocycles. The molecule has 5 rings (SSSR count). The number of halogens is 4. The van der Waals surface area contributed by atoms with Crippen LogP contribution >= 0.6 is 23.2 Å². The summed E-state index contributed by atoms with van der Waals surface area (Å²) in [6.07, 6.45) is 7.77. The molecule has 1 aliphatic carbocycles. The number of carbonyl (C=O) groups is 3. The van der Waals surface area contributed by atoms with Crippen LogP contribution in [0.25, 0.3) is 0 Å². The molecule has 1 heterocycles. The van der Waals surface area contributed by atoms with Gasteiger partial charge in [-0.2, -0.15) is 5.26 Å². The maximum Gasteiger partial charge on any atom is 0.527 e. The van der Waals surface area contributed by atoms with Gasteiger partial charge in [0.05, 0.1) is 35.0 Å². The third kappa shape index (κ3) is 10.6. The van der Waals surface area contributed by atoms with Gasteiger partial charge in [-0.15, -0.1) is 5.48 Å². The number of rotatable bonds is 13. The number of hydroxylamine groups is 1. The molecular weight excluding hydrogens is 781 g/mol. The molecule has 0 bridgehead atoms. The lowest BCUT2D eigenvalue weighted by Gasteiger charge is -2.37. The zero-order valence-corrected chi connectivity index (χ0v) is 33.4. The predicted molar refractivity (Wildman–Crippen MR) is 211 cm³/mol. The van der Waals surface area contributed by atoms with Gasteiger partial charge in [0.15, 0.2) is 0 Å². The number of amides is 1. The zero-order chi connectivity index (χ0) is 41.3. The molecule has 5 atom stereocenters. The number of carboxylic acids is 1. The molecule has 4 N–H and O–H groups in total. The van der Waals surface area contributed by atoms with Crippen LogP contribution < -0.4 is 20.9 Å². The number of allylic oxidation sites excluding steroid dienone is 2. The molecule has 0 radical (unpaired) electrons. The van der Waals surface area contributed by atoms with Crippen molar-refractivity contribution in [2.45, 2.75) is 95.2 Å². The molecule has 0 saturated carbocycles. The van der Waals surface area contributed by atoms with Gasteiger partial charge in [0.25, 0.3) is 0 Å².